The zero-order valence-electron chi connectivity index (χ0n) is 17.3. The Morgan fingerprint density at radius 2 is 1.70 bits per heavy atom. The van der Waals surface area contributed by atoms with Crippen LogP contribution in [-0.2, 0) is 32.6 Å². The third-order valence-corrected chi connectivity index (χ3v) is 5.68. The van der Waals surface area contributed by atoms with Gasteiger partial charge in [-0.05, 0) is 35.9 Å². The first kappa shape index (κ1) is 23.7. The number of rotatable bonds is 9. The number of carbonyl (C=O) groups excluding carboxylic acids is 3. The van der Waals surface area contributed by atoms with Crippen LogP contribution in [0.3, 0.4) is 0 Å². The van der Waals surface area contributed by atoms with E-state index in [9.17, 15) is 22.8 Å². The molecule has 1 heterocycles. The highest BCUT2D eigenvalue weighted by Gasteiger charge is 2.18. The van der Waals surface area contributed by atoms with Gasteiger partial charge >= 0.3 is 12.0 Å². The Morgan fingerprint density at radius 3 is 2.42 bits per heavy atom. The Balaban J connectivity index is 1.50. The maximum absolute atomic E-state index is 12.5. The average Bonchev–Trinajstić information content (AvgIpc) is 3.34. The molecule has 0 unspecified atom stereocenters. The molecule has 3 aromatic rings. The average molecular weight is 471 g/mol. The lowest BCUT2D eigenvalue weighted by molar-refractivity contribution is -0.123. The van der Waals surface area contributed by atoms with Gasteiger partial charge in [-0.1, -0.05) is 36.4 Å². The van der Waals surface area contributed by atoms with Gasteiger partial charge in [-0.2, -0.15) is 0 Å². The SMILES string of the molecule is O=C(COC(=O)c1cccc(S(=O)(=O)NCc2ccccc2)c1)NC(=O)NCc1ccco1. The standard InChI is InChI=1S/C22H21N3O7S/c26-20(25-22(28)23-14-18-9-5-11-31-18)15-32-21(27)17-8-4-10-19(12-17)33(29,30)24-13-16-6-2-1-3-7-16/h1-12,24H,13-15H2,(H2,23,25,26,28). The van der Waals surface area contributed by atoms with E-state index in [0.717, 1.165) is 11.6 Å². The molecule has 11 heteroatoms. The number of benzene rings is 2. The smallest absolute Gasteiger partial charge is 0.338 e. The summed E-state index contributed by atoms with van der Waals surface area (Å²) >= 11 is 0. The van der Waals surface area contributed by atoms with Crippen LogP contribution >= 0.6 is 0 Å². The van der Waals surface area contributed by atoms with E-state index >= 15 is 0 Å². The molecule has 3 amide bonds. The number of esters is 1. The molecular formula is C22H21N3O7S. The fraction of sp³-hybridized carbons (Fsp3) is 0.136. The van der Waals surface area contributed by atoms with Gasteiger partial charge in [-0.3, -0.25) is 10.1 Å². The van der Waals surface area contributed by atoms with E-state index in [1.165, 1.54) is 24.5 Å². The summed E-state index contributed by atoms with van der Waals surface area (Å²) in [6, 6.07) is 16.7. The molecular weight excluding hydrogens is 450 g/mol. The molecule has 10 nitrogen and oxygen atoms in total. The molecule has 0 aliphatic rings. The predicted molar refractivity (Wildman–Crippen MR) is 116 cm³/mol. The summed E-state index contributed by atoms with van der Waals surface area (Å²) in [6.07, 6.45) is 1.44. The van der Waals surface area contributed by atoms with Crippen LogP contribution in [0.1, 0.15) is 21.7 Å². The molecule has 0 fully saturated rings. The van der Waals surface area contributed by atoms with Crippen molar-refractivity contribution in [3.63, 3.8) is 0 Å². The Hall–Kier alpha value is -3.96. The normalized spacial score (nSPS) is 10.9. The molecule has 0 saturated heterocycles. The number of furan rings is 1. The van der Waals surface area contributed by atoms with Gasteiger partial charge in [0.15, 0.2) is 6.61 Å². The van der Waals surface area contributed by atoms with Gasteiger partial charge in [0.25, 0.3) is 5.91 Å². The van der Waals surface area contributed by atoms with E-state index in [4.69, 9.17) is 9.15 Å². The highest BCUT2D eigenvalue weighted by atomic mass is 32.2. The molecule has 2 aromatic carbocycles. The lowest BCUT2D eigenvalue weighted by Gasteiger charge is -2.09. The van der Waals surface area contributed by atoms with Gasteiger partial charge in [0.05, 0.1) is 23.3 Å². The van der Waals surface area contributed by atoms with Crippen LogP contribution in [-0.4, -0.2) is 32.9 Å². The summed E-state index contributed by atoms with van der Waals surface area (Å²) < 4.78 is 37.4. The van der Waals surface area contributed by atoms with Crippen molar-refractivity contribution >= 4 is 27.9 Å². The third-order valence-electron chi connectivity index (χ3n) is 4.28. The Labute approximate surface area is 190 Å². The molecule has 0 spiro atoms. The van der Waals surface area contributed by atoms with Crippen LogP contribution in [0.5, 0.6) is 0 Å². The Kier molecular flexibility index (Phi) is 7.95. The predicted octanol–water partition coefficient (Wildman–Crippen LogP) is 1.94. The van der Waals surface area contributed by atoms with Gasteiger partial charge in [0, 0.05) is 6.54 Å². The van der Waals surface area contributed by atoms with E-state index in [1.54, 1.807) is 36.4 Å². The number of amides is 3. The fourth-order valence-electron chi connectivity index (χ4n) is 2.65. The molecule has 0 saturated carbocycles. The van der Waals surface area contributed by atoms with Gasteiger partial charge < -0.3 is 14.5 Å². The van der Waals surface area contributed by atoms with Crippen LogP contribution in [0.2, 0.25) is 0 Å². The van der Waals surface area contributed by atoms with Crippen LogP contribution in [0.25, 0.3) is 0 Å². The zero-order valence-corrected chi connectivity index (χ0v) is 18.1. The molecule has 3 rings (SSSR count). The lowest BCUT2D eigenvalue weighted by atomic mass is 10.2. The second-order valence-electron chi connectivity index (χ2n) is 6.72. The van der Waals surface area contributed by atoms with Gasteiger partial charge in [0.1, 0.15) is 5.76 Å². The summed E-state index contributed by atoms with van der Waals surface area (Å²) in [7, 11) is -3.88. The summed E-state index contributed by atoms with van der Waals surface area (Å²) in [5.74, 6) is -1.27. The van der Waals surface area contributed by atoms with E-state index in [0.29, 0.717) is 5.76 Å². The molecule has 172 valence electrons. The highest BCUT2D eigenvalue weighted by molar-refractivity contribution is 7.89. The fourth-order valence-corrected chi connectivity index (χ4v) is 3.71. The molecule has 33 heavy (non-hydrogen) atoms. The quantitative estimate of drug-likeness (QED) is 0.405. The van der Waals surface area contributed by atoms with Crippen molar-refractivity contribution in [1.29, 1.82) is 0 Å². The first-order valence-corrected chi connectivity index (χ1v) is 11.2. The largest absolute Gasteiger partial charge is 0.467 e. The topological polar surface area (TPSA) is 144 Å². The minimum Gasteiger partial charge on any atom is -0.467 e. The summed E-state index contributed by atoms with van der Waals surface area (Å²) in [5, 5.41) is 4.41. The van der Waals surface area contributed by atoms with Gasteiger partial charge in [-0.15, -0.1) is 0 Å². The van der Waals surface area contributed by atoms with Crippen molar-refractivity contribution < 1.29 is 32.0 Å². The number of carbonyl (C=O) groups is 3. The Bertz CT molecular complexity index is 1210. The van der Waals surface area contributed by atoms with Crippen molar-refractivity contribution in [2.24, 2.45) is 0 Å². The molecule has 3 N–H and O–H groups in total. The number of urea groups is 1. The summed E-state index contributed by atoms with van der Waals surface area (Å²) in [4.78, 5) is 35.6. The van der Waals surface area contributed by atoms with Crippen molar-refractivity contribution in [2.75, 3.05) is 6.61 Å². The molecule has 0 atom stereocenters. The maximum atomic E-state index is 12.5. The van der Waals surface area contributed by atoms with Gasteiger partial charge in [0.2, 0.25) is 10.0 Å². The number of hydrogen-bond donors (Lipinski definition) is 3. The number of nitrogens with one attached hydrogen (secondary N) is 3. The molecule has 0 radical (unpaired) electrons. The van der Waals surface area contributed by atoms with E-state index in [1.807, 2.05) is 11.4 Å². The molecule has 0 aliphatic carbocycles. The van der Waals surface area contributed by atoms with E-state index in [2.05, 4.69) is 10.0 Å². The van der Waals surface area contributed by atoms with Crippen LogP contribution < -0.4 is 15.4 Å². The number of hydrogen-bond acceptors (Lipinski definition) is 7. The molecule has 1 aromatic heterocycles. The van der Waals surface area contributed by atoms with Crippen molar-refractivity contribution in [3.8, 4) is 0 Å². The monoisotopic (exact) mass is 471 g/mol. The maximum Gasteiger partial charge on any atom is 0.338 e. The van der Waals surface area contributed by atoms with Crippen LogP contribution in [0.15, 0.2) is 82.3 Å². The molecule has 0 bridgehead atoms. The van der Waals surface area contributed by atoms with Crippen molar-refractivity contribution in [3.05, 3.63) is 89.9 Å². The minimum atomic E-state index is -3.88. The lowest BCUT2D eigenvalue weighted by Crippen LogP contribution is -2.41. The second kappa shape index (κ2) is 11.1. The Morgan fingerprint density at radius 1 is 0.909 bits per heavy atom. The second-order valence-corrected chi connectivity index (χ2v) is 8.49. The summed E-state index contributed by atoms with van der Waals surface area (Å²) in [6.45, 7) is -0.568. The van der Waals surface area contributed by atoms with Crippen LogP contribution in [0.4, 0.5) is 4.79 Å². The third kappa shape index (κ3) is 7.30. The van der Waals surface area contributed by atoms with Crippen molar-refractivity contribution in [2.45, 2.75) is 18.0 Å². The van der Waals surface area contributed by atoms with E-state index < -0.39 is 34.5 Å². The number of sulfonamides is 1. The highest BCUT2D eigenvalue weighted by Crippen LogP contribution is 2.13. The number of imide groups is 1. The summed E-state index contributed by atoms with van der Waals surface area (Å²) in [5.41, 5.74) is 0.712. The zero-order chi connectivity index (χ0) is 23.7. The molecule has 0 aliphatic heterocycles. The van der Waals surface area contributed by atoms with E-state index in [-0.39, 0.29) is 23.5 Å². The minimum absolute atomic E-state index is 0.0624. The first-order chi connectivity index (χ1) is 15.8. The van der Waals surface area contributed by atoms with Crippen molar-refractivity contribution in [1.82, 2.24) is 15.4 Å². The van der Waals surface area contributed by atoms with Crippen LogP contribution in [0, 0.1) is 0 Å². The van der Waals surface area contributed by atoms with Gasteiger partial charge in [-0.25, -0.2) is 22.7 Å². The first-order valence-electron chi connectivity index (χ1n) is 9.74. The number of ether oxygens (including phenoxy) is 1.